The number of hydrogen-bond donors (Lipinski definition) is 3. The Hall–Kier alpha value is -1.94. The van der Waals surface area contributed by atoms with Gasteiger partial charge in [0.15, 0.2) is 12.2 Å². The third-order valence-corrected chi connectivity index (χ3v) is 19.6. The van der Waals surface area contributed by atoms with E-state index >= 15 is 0 Å². The summed E-state index contributed by atoms with van der Waals surface area (Å²) in [6, 6.07) is 0. The van der Waals surface area contributed by atoms with Gasteiger partial charge in [0, 0.05) is 25.7 Å². The molecule has 0 aliphatic carbocycles. The number of carbonyl (C=O) groups is 4. The molecule has 0 bridgehead atoms. The van der Waals surface area contributed by atoms with Gasteiger partial charge >= 0.3 is 39.5 Å². The van der Waals surface area contributed by atoms with Crippen molar-refractivity contribution in [3.63, 3.8) is 0 Å². The molecule has 0 rings (SSSR count). The Kier molecular flexibility index (Phi) is 64.3. The van der Waals surface area contributed by atoms with Crippen LogP contribution in [-0.4, -0.2) is 96.7 Å². The summed E-state index contributed by atoms with van der Waals surface area (Å²) < 4.78 is 68.3. The highest BCUT2D eigenvalue weighted by atomic mass is 31.2. The van der Waals surface area contributed by atoms with Crippen molar-refractivity contribution in [3.8, 4) is 0 Å². The summed E-state index contributed by atoms with van der Waals surface area (Å²) >= 11 is 0. The first-order chi connectivity index (χ1) is 45.3. The zero-order valence-corrected chi connectivity index (χ0v) is 63.2. The van der Waals surface area contributed by atoms with Crippen molar-refractivity contribution in [2.75, 3.05) is 39.6 Å². The predicted octanol–water partition coefficient (Wildman–Crippen LogP) is 21.8. The Morgan fingerprint density at radius 2 is 0.543 bits per heavy atom. The van der Waals surface area contributed by atoms with E-state index in [-0.39, 0.29) is 25.7 Å². The van der Waals surface area contributed by atoms with Crippen LogP contribution in [0.25, 0.3) is 0 Å². The SMILES string of the molecule is CCCCCCCCCCC(=O)OC[C@H](COP(=O)(O)OC[C@H](O)COP(=O)(O)OC[C@@H](COC(=O)CCCCCCCCCCCCCC(C)C)OC(=O)CCCCCCCCCCCCCCCCCCCCC(C)CC)OC(=O)CCCCCCCCCC(C)C. The Morgan fingerprint density at radius 3 is 0.809 bits per heavy atom. The summed E-state index contributed by atoms with van der Waals surface area (Å²) in [5.41, 5.74) is 0. The summed E-state index contributed by atoms with van der Waals surface area (Å²) in [6.45, 7) is 11.9. The number of phosphoric acid groups is 2. The van der Waals surface area contributed by atoms with Crippen LogP contribution in [0.1, 0.15) is 382 Å². The molecule has 0 aromatic rings. The first kappa shape index (κ1) is 92.1. The molecule has 0 radical (unpaired) electrons. The monoisotopic (exact) mass is 1380 g/mol. The van der Waals surface area contributed by atoms with Crippen molar-refractivity contribution in [2.45, 2.75) is 401 Å². The number of esters is 4. The fourth-order valence-corrected chi connectivity index (χ4v) is 13.0. The number of rotatable bonds is 73. The molecule has 0 heterocycles. The van der Waals surface area contributed by atoms with E-state index in [1.165, 1.54) is 186 Å². The first-order valence-corrected chi connectivity index (χ1v) is 41.9. The van der Waals surface area contributed by atoms with Crippen LogP contribution in [0.15, 0.2) is 0 Å². The first-order valence-electron chi connectivity index (χ1n) is 38.9. The van der Waals surface area contributed by atoms with E-state index in [1.54, 1.807) is 0 Å². The smallest absolute Gasteiger partial charge is 0.462 e. The minimum Gasteiger partial charge on any atom is -0.462 e. The molecule has 3 unspecified atom stereocenters. The quantitative estimate of drug-likeness (QED) is 0.0222. The predicted molar refractivity (Wildman–Crippen MR) is 381 cm³/mol. The lowest BCUT2D eigenvalue weighted by Gasteiger charge is -2.21. The number of aliphatic hydroxyl groups is 1. The van der Waals surface area contributed by atoms with Gasteiger partial charge < -0.3 is 33.8 Å². The van der Waals surface area contributed by atoms with Crippen molar-refractivity contribution >= 4 is 39.5 Å². The zero-order valence-electron chi connectivity index (χ0n) is 61.4. The minimum atomic E-state index is -4.96. The Bertz CT molecular complexity index is 1840. The lowest BCUT2D eigenvalue weighted by molar-refractivity contribution is -0.161. The second kappa shape index (κ2) is 65.7. The topological polar surface area (TPSA) is 237 Å². The van der Waals surface area contributed by atoms with Gasteiger partial charge in [0.1, 0.15) is 19.3 Å². The maximum absolute atomic E-state index is 13.1. The standard InChI is InChI=1S/C75H146O17P2/c1-8-10-11-12-13-35-42-49-56-72(77)85-62-71(92-75(80)59-52-45-38-31-33-40-47-54-67(5)6)65-90-94(83,84)88-61-69(76)60-87-93(81,82)89-64-70(63-86-73(78)57-50-43-36-29-26-22-23-27-32-39-46-53-66(3)4)91-74(79)58-51-44-37-30-25-21-19-17-15-14-16-18-20-24-28-34-41-48-55-68(7)9-2/h66-71,76H,8-65H2,1-7H3,(H,81,82)(H,83,84)/t68?,69-,70-,71-/m1/s1. The molecular formula is C75H146O17P2. The van der Waals surface area contributed by atoms with Crippen LogP contribution >= 0.6 is 15.6 Å². The van der Waals surface area contributed by atoms with Gasteiger partial charge in [0.05, 0.1) is 26.4 Å². The molecule has 19 heteroatoms. The van der Waals surface area contributed by atoms with Crippen LogP contribution < -0.4 is 0 Å². The lowest BCUT2D eigenvalue weighted by atomic mass is 9.99. The van der Waals surface area contributed by atoms with Crippen LogP contribution in [0.5, 0.6) is 0 Å². The zero-order chi connectivity index (χ0) is 69.4. The molecule has 0 amide bonds. The third-order valence-electron chi connectivity index (χ3n) is 17.7. The summed E-state index contributed by atoms with van der Waals surface area (Å²) in [5.74, 6) is 0.213. The molecule has 6 atom stereocenters. The van der Waals surface area contributed by atoms with E-state index in [9.17, 15) is 43.2 Å². The highest BCUT2D eigenvalue weighted by Crippen LogP contribution is 2.45. The number of phosphoric ester groups is 2. The van der Waals surface area contributed by atoms with Gasteiger partial charge in [-0.05, 0) is 43.4 Å². The number of ether oxygens (including phenoxy) is 4. The molecule has 0 spiro atoms. The van der Waals surface area contributed by atoms with Crippen LogP contribution in [0.4, 0.5) is 0 Å². The molecule has 0 saturated heterocycles. The highest BCUT2D eigenvalue weighted by molar-refractivity contribution is 7.47. The van der Waals surface area contributed by atoms with Gasteiger partial charge in [0.25, 0.3) is 0 Å². The van der Waals surface area contributed by atoms with Crippen LogP contribution in [0.2, 0.25) is 0 Å². The van der Waals surface area contributed by atoms with Gasteiger partial charge in [-0.3, -0.25) is 37.3 Å². The lowest BCUT2D eigenvalue weighted by Crippen LogP contribution is -2.30. The van der Waals surface area contributed by atoms with Crippen LogP contribution in [0, 0.1) is 17.8 Å². The van der Waals surface area contributed by atoms with Crippen LogP contribution in [-0.2, 0) is 65.4 Å². The number of unbranched alkanes of at least 4 members (excludes halogenated alkanes) is 40. The van der Waals surface area contributed by atoms with E-state index in [0.29, 0.717) is 31.6 Å². The fourth-order valence-electron chi connectivity index (χ4n) is 11.4. The van der Waals surface area contributed by atoms with E-state index in [4.69, 9.17) is 37.0 Å². The van der Waals surface area contributed by atoms with E-state index < -0.39 is 97.5 Å². The number of hydrogen-bond acceptors (Lipinski definition) is 15. The normalized spacial score (nSPS) is 14.4. The van der Waals surface area contributed by atoms with Gasteiger partial charge in [-0.2, -0.15) is 0 Å². The molecule has 0 saturated carbocycles. The van der Waals surface area contributed by atoms with Gasteiger partial charge in [-0.15, -0.1) is 0 Å². The minimum absolute atomic E-state index is 0.103. The summed E-state index contributed by atoms with van der Waals surface area (Å²) in [7, 11) is -9.90. The van der Waals surface area contributed by atoms with Gasteiger partial charge in [0.2, 0.25) is 0 Å². The second-order valence-electron chi connectivity index (χ2n) is 28.2. The Labute approximate surface area is 575 Å². The Balaban J connectivity index is 5.16. The number of carbonyl (C=O) groups excluding carboxylic acids is 4. The largest absolute Gasteiger partial charge is 0.472 e. The average molecular weight is 1380 g/mol. The molecule has 558 valence electrons. The summed E-state index contributed by atoms with van der Waals surface area (Å²) in [6.07, 6.45) is 51.6. The molecule has 0 aromatic carbocycles. The van der Waals surface area contributed by atoms with E-state index in [2.05, 4.69) is 48.5 Å². The summed E-state index contributed by atoms with van der Waals surface area (Å²) in [4.78, 5) is 72.6. The summed E-state index contributed by atoms with van der Waals surface area (Å²) in [5, 5.41) is 10.6. The van der Waals surface area contributed by atoms with Crippen molar-refractivity contribution in [3.05, 3.63) is 0 Å². The third kappa shape index (κ3) is 67.3. The number of aliphatic hydroxyl groups excluding tert-OH is 1. The fraction of sp³-hybridized carbons (Fsp3) is 0.947. The van der Waals surface area contributed by atoms with Crippen molar-refractivity contribution in [1.82, 2.24) is 0 Å². The van der Waals surface area contributed by atoms with E-state index in [1.807, 2.05) is 0 Å². The molecule has 0 aliphatic rings. The molecule has 17 nitrogen and oxygen atoms in total. The highest BCUT2D eigenvalue weighted by Gasteiger charge is 2.30. The molecule has 3 N–H and O–H groups in total. The molecule has 0 aliphatic heterocycles. The van der Waals surface area contributed by atoms with Crippen LogP contribution in [0.3, 0.4) is 0 Å². The molecule has 0 fully saturated rings. The molecular weight excluding hydrogens is 1230 g/mol. The van der Waals surface area contributed by atoms with Gasteiger partial charge in [-0.25, -0.2) is 9.13 Å². The second-order valence-corrected chi connectivity index (χ2v) is 31.1. The Morgan fingerprint density at radius 1 is 0.309 bits per heavy atom. The molecule has 0 aromatic heterocycles. The van der Waals surface area contributed by atoms with E-state index in [0.717, 1.165) is 108 Å². The maximum Gasteiger partial charge on any atom is 0.472 e. The molecule has 94 heavy (non-hydrogen) atoms. The van der Waals surface area contributed by atoms with Crippen molar-refractivity contribution in [1.29, 1.82) is 0 Å². The maximum atomic E-state index is 13.1. The van der Waals surface area contributed by atoms with Crippen molar-refractivity contribution in [2.24, 2.45) is 17.8 Å². The van der Waals surface area contributed by atoms with Crippen molar-refractivity contribution < 1.29 is 80.2 Å². The van der Waals surface area contributed by atoms with Gasteiger partial charge in [-0.1, -0.05) is 331 Å². The average Bonchev–Trinajstić information content (AvgIpc) is 1.95.